The van der Waals surface area contributed by atoms with Crippen molar-refractivity contribution in [2.75, 3.05) is 16.8 Å². The molecular weight excluding hydrogens is 246 g/mol. The molecule has 0 atom stereocenters. The highest BCUT2D eigenvalue weighted by Crippen LogP contribution is 2.21. The summed E-state index contributed by atoms with van der Waals surface area (Å²) in [6, 6.07) is 8.68. The van der Waals surface area contributed by atoms with E-state index >= 15 is 0 Å². The highest BCUT2D eigenvalue weighted by atomic mass is 32.2. The molecule has 0 radical (unpaired) electrons. The molecule has 0 saturated carbocycles. The zero-order valence-corrected chi connectivity index (χ0v) is 11.8. The molecule has 0 aliphatic carbocycles. The van der Waals surface area contributed by atoms with E-state index in [0.717, 1.165) is 5.69 Å². The quantitative estimate of drug-likeness (QED) is 0.916. The van der Waals surface area contributed by atoms with Crippen LogP contribution in [0.2, 0.25) is 0 Å². The van der Waals surface area contributed by atoms with Crippen LogP contribution in [0.3, 0.4) is 0 Å². The summed E-state index contributed by atoms with van der Waals surface area (Å²) in [5.74, 6) is 1.14. The van der Waals surface area contributed by atoms with Crippen molar-refractivity contribution < 1.29 is 8.42 Å². The Bertz CT molecular complexity index is 494. The third-order valence-electron chi connectivity index (χ3n) is 3.48. The molecule has 1 N–H and O–H groups in total. The van der Waals surface area contributed by atoms with E-state index < -0.39 is 9.84 Å². The fourth-order valence-corrected chi connectivity index (χ4v) is 3.75. The molecule has 1 aliphatic rings. The third kappa shape index (κ3) is 3.48. The minimum Gasteiger partial charge on any atom is -0.382 e. The van der Waals surface area contributed by atoms with Gasteiger partial charge >= 0.3 is 0 Å². The van der Waals surface area contributed by atoms with Crippen LogP contribution >= 0.6 is 0 Å². The van der Waals surface area contributed by atoms with Crippen LogP contribution < -0.4 is 5.32 Å². The minimum atomic E-state index is -2.77. The molecule has 1 aliphatic heterocycles. The third-order valence-corrected chi connectivity index (χ3v) is 5.19. The molecule has 2 rings (SSSR count). The number of rotatable bonds is 3. The predicted molar refractivity (Wildman–Crippen MR) is 75.8 cm³/mol. The second-order valence-electron chi connectivity index (χ2n) is 5.35. The molecule has 0 spiro atoms. The Labute approximate surface area is 110 Å². The van der Waals surface area contributed by atoms with E-state index in [1.165, 1.54) is 5.56 Å². The summed E-state index contributed by atoms with van der Waals surface area (Å²) in [5.41, 5.74) is 2.41. The molecule has 0 unspecified atom stereocenters. The van der Waals surface area contributed by atoms with Gasteiger partial charge in [-0.2, -0.15) is 0 Å². The van der Waals surface area contributed by atoms with Gasteiger partial charge in [-0.25, -0.2) is 8.42 Å². The van der Waals surface area contributed by atoms with Crippen LogP contribution in [-0.2, 0) is 9.84 Å². The number of hydrogen-bond donors (Lipinski definition) is 1. The number of sulfone groups is 1. The fourth-order valence-electron chi connectivity index (χ4n) is 2.26. The lowest BCUT2D eigenvalue weighted by atomic mass is 10.0. The maximum atomic E-state index is 11.4. The topological polar surface area (TPSA) is 46.2 Å². The van der Waals surface area contributed by atoms with Crippen molar-refractivity contribution in [3.63, 3.8) is 0 Å². The lowest BCUT2D eigenvalue weighted by molar-refractivity contribution is 0.559. The highest BCUT2D eigenvalue weighted by molar-refractivity contribution is 7.91. The summed E-state index contributed by atoms with van der Waals surface area (Å²) in [5, 5.41) is 3.45. The average Bonchev–Trinajstić information content (AvgIpc) is 2.32. The molecule has 1 aromatic rings. The van der Waals surface area contributed by atoms with Gasteiger partial charge in [0.15, 0.2) is 0 Å². The molecule has 4 heteroatoms. The van der Waals surface area contributed by atoms with Crippen molar-refractivity contribution in [1.29, 1.82) is 0 Å². The SMILES string of the molecule is CC(C)c1cccc(NC2CCS(=O)(=O)CC2)c1. The van der Waals surface area contributed by atoms with E-state index in [1.807, 2.05) is 0 Å². The first-order valence-corrected chi connectivity index (χ1v) is 8.35. The largest absolute Gasteiger partial charge is 0.382 e. The van der Waals surface area contributed by atoms with Gasteiger partial charge in [0, 0.05) is 11.7 Å². The Morgan fingerprint density at radius 3 is 2.50 bits per heavy atom. The van der Waals surface area contributed by atoms with Gasteiger partial charge in [0.25, 0.3) is 0 Å². The van der Waals surface area contributed by atoms with Gasteiger partial charge in [0.05, 0.1) is 11.5 Å². The molecule has 0 aromatic heterocycles. The fraction of sp³-hybridized carbons (Fsp3) is 0.571. The maximum Gasteiger partial charge on any atom is 0.150 e. The van der Waals surface area contributed by atoms with Gasteiger partial charge in [-0.05, 0) is 36.5 Å². The van der Waals surface area contributed by atoms with Crippen LogP contribution in [0.4, 0.5) is 5.69 Å². The summed E-state index contributed by atoms with van der Waals surface area (Å²) in [6.07, 6.45) is 1.43. The monoisotopic (exact) mass is 267 g/mol. The molecule has 100 valence electrons. The second-order valence-corrected chi connectivity index (χ2v) is 7.65. The van der Waals surface area contributed by atoms with Crippen LogP contribution in [0.25, 0.3) is 0 Å². The van der Waals surface area contributed by atoms with E-state index in [1.54, 1.807) is 0 Å². The molecule has 3 nitrogen and oxygen atoms in total. The lowest BCUT2D eigenvalue weighted by Crippen LogP contribution is -2.32. The van der Waals surface area contributed by atoms with Crippen molar-refractivity contribution >= 4 is 15.5 Å². The molecule has 0 amide bonds. The molecule has 18 heavy (non-hydrogen) atoms. The van der Waals surface area contributed by atoms with E-state index in [0.29, 0.717) is 30.3 Å². The van der Waals surface area contributed by atoms with Crippen molar-refractivity contribution in [3.8, 4) is 0 Å². The highest BCUT2D eigenvalue weighted by Gasteiger charge is 2.23. The standard InChI is InChI=1S/C14H21NO2S/c1-11(2)12-4-3-5-14(10-12)15-13-6-8-18(16,17)9-7-13/h3-5,10-11,13,15H,6-9H2,1-2H3. The molecule has 1 saturated heterocycles. The van der Waals surface area contributed by atoms with Crippen molar-refractivity contribution in [2.24, 2.45) is 0 Å². The maximum absolute atomic E-state index is 11.4. The van der Waals surface area contributed by atoms with Crippen LogP contribution in [0.1, 0.15) is 38.2 Å². The average molecular weight is 267 g/mol. The number of benzene rings is 1. The first kappa shape index (κ1) is 13.4. The van der Waals surface area contributed by atoms with Gasteiger partial charge in [0.2, 0.25) is 0 Å². The Kier molecular flexibility index (Phi) is 3.95. The van der Waals surface area contributed by atoms with Gasteiger partial charge in [0.1, 0.15) is 9.84 Å². The summed E-state index contributed by atoms with van der Waals surface area (Å²) in [6.45, 7) is 4.35. The molecule has 0 bridgehead atoms. The summed E-state index contributed by atoms with van der Waals surface area (Å²) in [4.78, 5) is 0. The Morgan fingerprint density at radius 1 is 1.22 bits per heavy atom. The van der Waals surface area contributed by atoms with Crippen molar-refractivity contribution in [1.82, 2.24) is 0 Å². The summed E-state index contributed by atoms with van der Waals surface area (Å²) < 4.78 is 22.7. The first-order valence-electron chi connectivity index (χ1n) is 6.53. The molecule has 1 aromatic carbocycles. The normalized spacial score (nSPS) is 19.9. The zero-order chi connectivity index (χ0) is 13.2. The Balaban J connectivity index is 2.00. The Morgan fingerprint density at radius 2 is 1.89 bits per heavy atom. The van der Waals surface area contributed by atoms with E-state index in [-0.39, 0.29) is 6.04 Å². The van der Waals surface area contributed by atoms with Gasteiger partial charge in [-0.3, -0.25) is 0 Å². The summed E-state index contributed by atoms with van der Waals surface area (Å²) >= 11 is 0. The lowest BCUT2D eigenvalue weighted by Gasteiger charge is -2.24. The number of hydrogen-bond acceptors (Lipinski definition) is 3. The smallest absolute Gasteiger partial charge is 0.150 e. The van der Waals surface area contributed by atoms with E-state index in [2.05, 4.69) is 43.4 Å². The minimum absolute atomic E-state index is 0.288. The van der Waals surface area contributed by atoms with Crippen LogP contribution in [0.5, 0.6) is 0 Å². The van der Waals surface area contributed by atoms with Crippen molar-refractivity contribution in [2.45, 2.75) is 38.6 Å². The number of anilines is 1. The zero-order valence-electron chi connectivity index (χ0n) is 11.0. The van der Waals surface area contributed by atoms with Crippen LogP contribution in [-0.4, -0.2) is 26.0 Å². The van der Waals surface area contributed by atoms with Crippen LogP contribution in [0.15, 0.2) is 24.3 Å². The second kappa shape index (κ2) is 5.31. The van der Waals surface area contributed by atoms with Gasteiger partial charge in [-0.1, -0.05) is 26.0 Å². The van der Waals surface area contributed by atoms with Gasteiger partial charge < -0.3 is 5.32 Å². The van der Waals surface area contributed by atoms with Gasteiger partial charge in [-0.15, -0.1) is 0 Å². The molecule has 1 heterocycles. The molecular formula is C14H21NO2S. The summed E-state index contributed by atoms with van der Waals surface area (Å²) in [7, 11) is -2.77. The van der Waals surface area contributed by atoms with E-state index in [9.17, 15) is 8.42 Å². The van der Waals surface area contributed by atoms with Crippen LogP contribution in [0, 0.1) is 0 Å². The van der Waals surface area contributed by atoms with E-state index in [4.69, 9.17) is 0 Å². The van der Waals surface area contributed by atoms with Crippen molar-refractivity contribution in [3.05, 3.63) is 29.8 Å². The first-order chi connectivity index (χ1) is 8.46. The predicted octanol–water partition coefficient (Wildman–Crippen LogP) is 2.80. The molecule has 1 fully saturated rings. The Hall–Kier alpha value is -1.03. The number of nitrogens with one attached hydrogen (secondary N) is 1.